The van der Waals surface area contributed by atoms with Crippen LogP contribution in [0.2, 0.25) is 0 Å². The van der Waals surface area contributed by atoms with Crippen LogP contribution in [-0.4, -0.2) is 36.1 Å². The number of rotatable bonds is 2. The van der Waals surface area contributed by atoms with Crippen molar-refractivity contribution in [2.75, 3.05) is 19.8 Å². The van der Waals surface area contributed by atoms with E-state index in [0.717, 1.165) is 0 Å². The minimum Gasteiger partial charge on any atom is -0.376 e. The Labute approximate surface area is 78.7 Å². The van der Waals surface area contributed by atoms with Crippen LogP contribution in [0.3, 0.4) is 0 Å². The third-order valence-corrected chi connectivity index (χ3v) is 2.38. The van der Waals surface area contributed by atoms with E-state index in [-0.39, 0.29) is 5.91 Å². The number of morpholine rings is 1. The van der Waals surface area contributed by atoms with Crippen molar-refractivity contribution in [3.05, 3.63) is 25.3 Å². The lowest BCUT2D eigenvalue weighted by molar-refractivity contribution is -0.139. The zero-order chi connectivity index (χ0) is 9.90. The van der Waals surface area contributed by atoms with Gasteiger partial charge in [-0.15, -0.1) is 13.2 Å². The van der Waals surface area contributed by atoms with Crippen molar-refractivity contribution < 1.29 is 9.53 Å². The van der Waals surface area contributed by atoms with Gasteiger partial charge in [-0.1, -0.05) is 12.2 Å². The SMILES string of the molecule is C=CC1(C=C)COCCN1C(C)=O. The van der Waals surface area contributed by atoms with Crippen LogP contribution in [0.25, 0.3) is 0 Å². The van der Waals surface area contributed by atoms with Gasteiger partial charge in [-0.3, -0.25) is 4.79 Å². The molecule has 0 bridgehead atoms. The van der Waals surface area contributed by atoms with Gasteiger partial charge >= 0.3 is 0 Å². The lowest BCUT2D eigenvalue weighted by Crippen LogP contribution is -2.56. The molecule has 0 atom stereocenters. The van der Waals surface area contributed by atoms with E-state index in [9.17, 15) is 4.79 Å². The first-order valence-electron chi connectivity index (χ1n) is 4.29. The molecule has 72 valence electrons. The fraction of sp³-hybridized carbons (Fsp3) is 0.500. The van der Waals surface area contributed by atoms with Crippen molar-refractivity contribution in [2.45, 2.75) is 12.5 Å². The summed E-state index contributed by atoms with van der Waals surface area (Å²) in [4.78, 5) is 13.0. The summed E-state index contributed by atoms with van der Waals surface area (Å²) in [7, 11) is 0. The van der Waals surface area contributed by atoms with Gasteiger partial charge in [-0.25, -0.2) is 0 Å². The summed E-state index contributed by atoms with van der Waals surface area (Å²) in [5.41, 5.74) is -0.510. The second kappa shape index (κ2) is 3.75. The summed E-state index contributed by atoms with van der Waals surface area (Å²) in [6, 6.07) is 0. The first-order chi connectivity index (χ1) is 6.16. The molecule has 0 aromatic carbocycles. The quantitative estimate of drug-likeness (QED) is 0.594. The van der Waals surface area contributed by atoms with Gasteiger partial charge in [-0.05, 0) is 0 Å². The molecule has 1 amide bonds. The Hall–Kier alpha value is -1.09. The predicted octanol–water partition coefficient (Wildman–Crippen LogP) is 0.976. The fourth-order valence-electron chi connectivity index (χ4n) is 1.55. The Morgan fingerprint density at radius 1 is 1.54 bits per heavy atom. The molecule has 1 saturated heterocycles. The van der Waals surface area contributed by atoms with E-state index in [1.54, 1.807) is 24.0 Å². The predicted molar refractivity (Wildman–Crippen MR) is 51.3 cm³/mol. The standard InChI is InChI=1S/C10H15NO2/c1-4-10(5-2)8-13-7-6-11(10)9(3)12/h4-5H,1-2,6-8H2,3H3. The molecular weight excluding hydrogens is 166 g/mol. The molecule has 1 heterocycles. The van der Waals surface area contributed by atoms with Crippen LogP contribution in [0.5, 0.6) is 0 Å². The second-order valence-corrected chi connectivity index (χ2v) is 3.12. The maximum absolute atomic E-state index is 11.3. The fourth-order valence-corrected chi connectivity index (χ4v) is 1.55. The molecule has 13 heavy (non-hydrogen) atoms. The Bertz CT molecular complexity index is 227. The van der Waals surface area contributed by atoms with Crippen molar-refractivity contribution in [1.82, 2.24) is 4.90 Å². The van der Waals surface area contributed by atoms with Gasteiger partial charge < -0.3 is 9.64 Å². The number of hydrogen-bond donors (Lipinski definition) is 0. The number of carbonyl (C=O) groups is 1. The van der Waals surface area contributed by atoms with E-state index in [1.165, 1.54) is 0 Å². The molecule has 0 aromatic heterocycles. The van der Waals surface area contributed by atoms with Crippen molar-refractivity contribution in [1.29, 1.82) is 0 Å². The summed E-state index contributed by atoms with van der Waals surface area (Å²) in [5, 5.41) is 0. The van der Waals surface area contributed by atoms with E-state index in [2.05, 4.69) is 13.2 Å². The van der Waals surface area contributed by atoms with Crippen molar-refractivity contribution in [2.24, 2.45) is 0 Å². The normalized spacial score (nSPS) is 20.8. The molecule has 0 aliphatic carbocycles. The van der Waals surface area contributed by atoms with Gasteiger partial charge in [0.05, 0.1) is 13.2 Å². The highest BCUT2D eigenvalue weighted by molar-refractivity contribution is 5.75. The molecule has 3 nitrogen and oxygen atoms in total. The van der Waals surface area contributed by atoms with Gasteiger partial charge in [0.2, 0.25) is 5.91 Å². The molecule has 1 fully saturated rings. The molecule has 0 saturated carbocycles. The van der Waals surface area contributed by atoms with E-state index >= 15 is 0 Å². The van der Waals surface area contributed by atoms with Crippen LogP contribution < -0.4 is 0 Å². The number of nitrogens with zero attached hydrogens (tertiary/aromatic N) is 1. The summed E-state index contributed by atoms with van der Waals surface area (Å²) >= 11 is 0. The smallest absolute Gasteiger partial charge is 0.220 e. The first-order valence-corrected chi connectivity index (χ1v) is 4.29. The minimum absolute atomic E-state index is 0.0306. The summed E-state index contributed by atoms with van der Waals surface area (Å²) in [6.07, 6.45) is 3.42. The van der Waals surface area contributed by atoms with Gasteiger partial charge in [-0.2, -0.15) is 0 Å². The average Bonchev–Trinajstić information content (AvgIpc) is 2.17. The molecule has 1 aliphatic rings. The Morgan fingerprint density at radius 3 is 2.54 bits per heavy atom. The zero-order valence-electron chi connectivity index (χ0n) is 7.95. The highest BCUT2D eigenvalue weighted by atomic mass is 16.5. The molecule has 0 aromatic rings. The minimum atomic E-state index is -0.510. The van der Waals surface area contributed by atoms with Crippen LogP contribution in [0.15, 0.2) is 25.3 Å². The Morgan fingerprint density at radius 2 is 2.15 bits per heavy atom. The third-order valence-electron chi connectivity index (χ3n) is 2.38. The lowest BCUT2D eigenvalue weighted by atomic mass is 9.97. The molecule has 0 unspecified atom stereocenters. The van der Waals surface area contributed by atoms with Crippen LogP contribution in [0.1, 0.15) is 6.92 Å². The Balaban J connectivity index is 2.94. The van der Waals surface area contributed by atoms with E-state index in [4.69, 9.17) is 4.74 Å². The van der Waals surface area contributed by atoms with Crippen LogP contribution >= 0.6 is 0 Å². The van der Waals surface area contributed by atoms with Gasteiger partial charge in [0.25, 0.3) is 0 Å². The number of hydrogen-bond acceptors (Lipinski definition) is 2. The largest absolute Gasteiger partial charge is 0.376 e. The number of ether oxygens (including phenoxy) is 1. The molecular formula is C10H15NO2. The highest BCUT2D eigenvalue weighted by Crippen LogP contribution is 2.22. The first kappa shape index (κ1) is 9.99. The van der Waals surface area contributed by atoms with Gasteiger partial charge in [0.15, 0.2) is 0 Å². The molecule has 0 spiro atoms. The van der Waals surface area contributed by atoms with Gasteiger partial charge in [0, 0.05) is 13.5 Å². The summed E-state index contributed by atoms with van der Waals surface area (Å²) in [6.45, 7) is 10.6. The van der Waals surface area contributed by atoms with Crippen molar-refractivity contribution in [3.8, 4) is 0 Å². The summed E-state index contributed by atoms with van der Waals surface area (Å²) in [5.74, 6) is 0.0306. The van der Waals surface area contributed by atoms with E-state index in [1.807, 2.05) is 0 Å². The maximum Gasteiger partial charge on any atom is 0.220 e. The Kier molecular flexibility index (Phi) is 2.88. The average molecular weight is 181 g/mol. The maximum atomic E-state index is 11.3. The van der Waals surface area contributed by atoms with Crippen LogP contribution in [0, 0.1) is 0 Å². The molecule has 0 radical (unpaired) electrons. The second-order valence-electron chi connectivity index (χ2n) is 3.12. The van der Waals surface area contributed by atoms with Crippen LogP contribution in [0.4, 0.5) is 0 Å². The van der Waals surface area contributed by atoms with Crippen molar-refractivity contribution >= 4 is 5.91 Å². The number of amides is 1. The summed E-state index contributed by atoms with van der Waals surface area (Å²) < 4.78 is 5.31. The highest BCUT2D eigenvalue weighted by Gasteiger charge is 2.35. The molecule has 0 N–H and O–H groups in total. The van der Waals surface area contributed by atoms with E-state index in [0.29, 0.717) is 19.8 Å². The molecule has 1 rings (SSSR count). The monoisotopic (exact) mass is 181 g/mol. The topological polar surface area (TPSA) is 29.5 Å². The lowest BCUT2D eigenvalue weighted by Gasteiger charge is -2.42. The molecule has 1 aliphatic heterocycles. The third kappa shape index (κ3) is 1.65. The van der Waals surface area contributed by atoms with Crippen molar-refractivity contribution in [3.63, 3.8) is 0 Å². The zero-order valence-corrected chi connectivity index (χ0v) is 7.95. The van der Waals surface area contributed by atoms with Crippen LogP contribution in [-0.2, 0) is 9.53 Å². The number of carbonyl (C=O) groups excluding carboxylic acids is 1. The van der Waals surface area contributed by atoms with Gasteiger partial charge in [0.1, 0.15) is 5.54 Å². The molecule has 3 heteroatoms. The van der Waals surface area contributed by atoms with E-state index < -0.39 is 5.54 Å².